The number of hydrogen-bond acceptors (Lipinski definition) is 5. The van der Waals surface area contributed by atoms with Crippen LogP contribution in [0.2, 0.25) is 0 Å². The summed E-state index contributed by atoms with van der Waals surface area (Å²) in [7, 11) is 1.87. The van der Waals surface area contributed by atoms with Gasteiger partial charge in [0.1, 0.15) is 11.5 Å². The Hall–Kier alpha value is -4.66. The van der Waals surface area contributed by atoms with Crippen LogP contribution in [0.3, 0.4) is 0 Å². The largest absolute Gasteiger partial charge is 0.466 e. The van der Waals surface area contributed by atoms with Gasteiger partial charge in [0.25, 0.3) is 0 Å². The van der Waals surface area contributed by atoms with Gasteiger partial charge in [-0.25, -0.2) is 9.48 Å². The number of hydrogen-bond donors (Lipinski definition) is 2. The quantitative estimate of drug-likeness (QED) is 0.133. The van der Waals surface area contributed by atoms with Crippen molar-refractivity contribution in [2.45, 2.75) is 57.9 Å². The molecule has 0 spiro atoms. The van der Waals surface area contributed by atoms with Gasteiger partial charge in [0.05, 0.1) is 18.5 Å². The number of carbonyl (C=O) groups excluding carboxylic acids is 2. The summed E-state index contributed by atoms with van der Waals surface area (Å²) in [6.45, 7) is 4.19. The number of nitrogens with zero attached hydrogens (tertiary/aromatic N) is 4. The van der Waals surface area contributed by atoms with Gasteiger partial charge in [0.15, 0.2) is 0 Å². The number of anilines is 1. The molecule has 1 aliphatic rings. The van der Waals surface area contributed by atoms with E-state index in [2.05, 4.69) is 33.9 Å². The number of aryl methyl sites for hydroxylation is 1. The van der Waals surface area contributed by atoms with E-state index in [1.54, 1.807) is 15.6 Å². The number of ether oxygens (including phenoxy) is 1. The lowest BCUT2D eigenvalue weighted by Crippen LogP contribution is -2.39. The van der Waals surface area contributed by atoms with Gasteiger partial charge in [-0.15, -0.1) is 0 Å². The van der Waals surface area contributed by atoms with Crippen molar-refractivity contribution in [1.82, 2.24) is 24.9 Å². The summed E-state index contributed by atoms with van der Waals surface area (Å²) in [4.78, 5) is 25.3. The van der Waals surface area contributed by atoms with Crippen LogP contribution in [0.1, 0.15) is 56.1 Å². The minimum absolute atomic E-state index is 0.0742. The maximum absolute atomic E-state index is 13.6. The van der Waals surface area contributed by atoms with Crippen molar-refractivity contribution < 1.29 is 14.3 Å². The first-order valence-electron chi connectivity index (χ1n) is 14.5. The number of allylic oxidation sites excluding steroid dienone is 1. The molecule has 218 valence electrons. The molecule has 9 heteroatoms. The lowest BCUT2D eigenvalue weighted by molar-refractivity contribution is -0.143. The minimum atomic E-state index is -0.276. The molecular formula is C33H38N6O3. The Labute approximate surface area is 246 Å². The van der Waals surface area contributed by atoms with E-state index in [0.29, 0.717) is 18.8 Å². The number of benzene rings is 2. The average Bonchev–Trinajstić information content (AvgIpc) is 3.69. The number of aromatic nitrogens is 4. The highest BCUT2D eigenvalue weighted by Crippen LogP contribution is 2.39. The summed E-state index contributed by atoms with van der Waals surface area (Å²) in [5, 5.41) is 15.6. The smallest absolute Gasteiger partial charge is 0.320 e. The molecule has 2 amide bonds. The van der Waals surface area contributed by atoms with Gasteiger partial charge in [-0.3, -0.25) is 14.8 Å². The first kappa shape index (κ1) is 28.9. The molecule has 42 heavy (non-hydrogen) atoms. The van der Waals surface area contributed by atoms with Crippen molar-refractivity contribution >= 4 is 17.8 Å². The van der Waals surface area contributed by atoms with E-state index in [4.69, 9.17) is 9.84 Å². The van der Waals surface area contributed by atoms with E-state index in [1.807, 2.05) is 75.6 Å². The summed E-state index contributed by atoms with van der Waals surface area (Å²) in [6.07, 6.45) is 9.50. The molecule has 4 aromatic rings. The van der Waals surface area contributed by atoms with Crippen LogP contribution in [-0.2, 0) is 16.6 Å². The molecule has 5 rings (SSSR count). The fraction of sp³-hybridized carbons (Fsp3) is 0.333. The molecule has 0 aliphatic heterocycles. The van der Waals surface area contributed by atoms with Gasteiger partial charge in [-0.05, 0) is 57.2 Å². The Morgan fingerprint density at radius 2 is 1.81 bits per heavy atom. The maximum Gasteiger partial charge on any atom is 0.320 e. The Balaban J connectivity index is 1.35. The SMILES string of the molecule is CCOC(=O)CCC/C=C1/C[C@@H](NC(=O)Nc2c(C)c(-c3cnn(C)c3)nn2-c2ccccc2)[C@H](c2ccccc2)C1. The second-order valence-electron chi connectivity index (χ2n) is 10.7. The molecule has 2 aromatic carbocycles. The van der Waals surface area contributed by atoms with Crippen LogP contribution < -0.4 is 10.6 Å². The molecule has 2 aromatic heterocycles. The Bertz CT molecular complexity index is 1540. The predicted molar refractivity (Wildman–Crippen MR) is 163 cm³/mol. The van der Waals surface area contributed by atoms with Crippen molar-refractivity contribution in [2.75, 3.05) is 11.9 Å². The van der Waals surface area contributed by atoms with Gasteiger partial charge in [0, 0.05) is 42.8 Å². The van der Waals surface area contributed by atoms with Crippen LogP contribution in [0.15, 0.2) is 84.7 Å². The molecule has 0 bridgehead atoms. The summed E-state index contributed by atoms with van der Waals surface area (Å²) in [5.41, 5.74) is 5.84. The molecule has 1 aliphatic carbocycles. The number of amides is 2. The number of para-hydroxylation sites is 1. The standard InChI is InChI=1S/C33H38N6O3/c1-4-42-30(40)18-12-11-13-24-19-28(25-14-7-5-8-15-25)29(20-24)35-33(41)36-32-23(2)31(26-21-34-38(3)22-26)37-39(32)27-16-9-6-10-17-27/h5-10,13-17,21-22,28-29H,4,11-12,18-20H2,1-3H3,(H2,35,36,41)/b24-13+/t28-,29+/m0/s1. The van der Waals surface area contributed by atoms with Crippen LogP contribution in [0.4, 0.5) is 10.6 Å². The average molecular weight is 567 g/mol. The van der Waals surface area contributed by atoms with Gasteiger partial charge >= 0.3 is 12.0 Å². The monoisotopic (exact) mass is 566 g/mol. The minimum Gasteiger partial charge on any atom is -0.466 e. The molecule has 9 nitrogen and oxygen atoms in total. The summed E-state index contributed by atoms with van der Waals surface area (Å²) < 4.78 is 8.56. The van der Waals surface area contributed by atoms with Crippen LogP contribution in [0, 0.1) is 6.92 Å². The molecule has 2 heterocycles. The second kappa shape index (κ2) is 13.3. The molecule has 1 fully saturated rings. The molecule has 2 N–H and O–H groups in total. The zero-order valence-electron chi connectivity index (χ0n) is 24.4. The van der Waals surface area contributed by atoms with Crippen LogP contribution in [0.25, 0.3) is 16.9 Å². The Kier molecular flexibility index (Phi) is 9.16. The number of carbonyl (C=O) groups is 2. The van der Waals surface area contributed by atoms with Crippen molar-refractivity contribution in [1.29, 1.82) is 0 Å². The van der Waals surface area contributed by atoms with Gasteiger partial charge < -0.3 is 10.1 Å². The van der Waals surface area contributed by atoms with Crippen molar-refractivity contribution in [3.63, 3.8) is 0 Å². The first-order chi connectivity index (χ1) is 20.4. The fourth-order valence-electron chi connectivity index (χ4n) is 5.62. The highest BCUT2D eigenvalue weighted by molar-refractivity contribution is 5.91. The van der Waals surface area contributed by atoms with Crippen molar-refractivity contribution in [3.05, 3.63) is 95.8 Å². The lowest BCUT2D eigenvalue weighted by Gasteiger charge is -2.21. The highest BCUT2D eigenvalue weighted by Gasteiger charge is 2.33. The van der Waals surface area contributed by atoms with E-state index >= 15 is 0 Å². The number of nitrogens with one attached hydrogen (secondary N) is 2. The van der Waals surface area contributed by atoms with E-state index in [9.17, 15) is 9.59 Å². The van der Waals surface area contributed by atoms with E-state index < -0.39 is 0 Å². The number of unbranched alkanes of at least 4 members (excludes halogenated alkanes) is 1. The Morgan fingerprint density at radius 3 is 2.50 bits per heavy atom. The topological polar surface area (TPSA) is 103 Å². The normalized spacial score (nSPS) is 17.4. The predicted octanol–water partition coefficient (Wildman–Crippen LogP) is 6.31. The number of urea groups is 1. The first-order valence-corrected chi connectivity index (χ1v) is 14.5. The fourth-order valence-corrected chi connectivity index (χ4v) is 5.62. The van der Waals surface area contributed by atoms with Gasteiger partial charge in [-0.2, -0.15) is 10.2 Å². The molecule has 0 saturated heterocycles. The number of esters is 1. The van der Waals surface area contributed by atoms with Crippen molar-refractivity contribution in [2.24, 2.45) is 7.05 Å². The third-order valence-corrected chi connectivity index (χ3v) is 7.65. The molecule has 2 atom stereocenters. The zero-order valence-corrected chi connectivity index (χ0v) is 24.4. The maximum atomic E-state index is 13.6. The van der Waals surface area contributed by atoms with E-state index in [-0.39, 0.29) is 24.0 Å². The van der Waals surface area contributed by atoms with Crippen LogP contribution in [0.5, 0.6) is 0 Å². The Morgan fingerprint density at radius 1 is 1.07 bits per heavy atom. The van der Waals surface area contributed by atoms with Gasteiger partial charge in [-0.1, -0.05) is 60.2 Å². The molecule has 0 unspecified atom stereocenters. The highest BCUT2D eigenvalue weighted by atomic mass is 16.5. The zero-order chi connectivity index (χ0) is 29.5. The lowest BCUT2D eigenvalue weighted by atomic mass is 9.94. The molecule has 1 saturated carbocycles. The van der Waals surface area contributed by atoms with Gasteiger partial charge in [0.2, 0.25) is 0 Å². The van der Waals surface area contributed by atoms with Crippen LogP contribution in [-0.4, -0.2) is 44.2 Å². The van der Waals surface area contributed by atoms with E-state index in [1.165, 1.54) is 11.1 Å². The third-order valence-electron chi connectivity index (χ3n) is 7.65. The van der Waals surface area contributed by atoms with Crippen molar-refractivity contribution in [3.8, 4) is 16.9 Å². The third kappa shape index (κ3) is 6.79. The second-order valence-corrected chi connectivity index (χ2v) is 10.7. The molecular weight excluding hydrogens is 528 g/mol. The molecule has 0 radical (unpaired) electrons. The summed E-state index contributed by atoms with van der Waals surface area (Å²) >= 11 is 0. The van der Waals surface area contributed by atoms with E-state index in [0.717, 1.165) is 48.2 Å². The summed E-state index contributed by atoms with van der Waals surface area (Å²) in [6, 6.07) is 19.7. The number of rotatable bonds is 10. The summed E-state index contributed by atoms with van der Waals surface area (Å²) in [5.74, 6) is 0.610. The van der Waals surface area contributed by atoms with Crippen LogP contribution >= 0.6 is 0 Å².